The van der Waals surface area contributed by atoms with E-state index in [2.05, 4.69) is 10.3 Å². The highest BCUT2D eigenvalue weighted by atomic mass is 16.5. The van der Waals surface area contributed by atoms with Gasteiger partial charge in [0.1, 0.15) is 0 Å². The molecule has 1 aromatic heterocycles. The molecule has 0 aliphatic heterocycles. The lowest BCUT2D eigenvalue weighted by Gasteiger charge is -2.21. The van der Waals surface area contributed by atoms with Crippen molar-refractivity contribution in [3.05, 3.63) is 24.4 Å². The first-order valence-electron chi connectivity index (χ1n) is 6.28. The van der Waals surface area contributed by atoms with Crippen LogP contribution in [0.2, 0.25) is 0 Å². The molecule has 2 rings (SSSR count). The predicted molar refractivity (Wildman–Crippen MR) is 75.5 cm³/mol. The first-order valence-corrected chi connectivity index (χ1v) is 6.28. The molecule has 1 N–H and O–H groups in total. The zero-order chi connectivity index (χ0) is 15.6. The number of aliphatic carboxylic acids is 1. The van der Waals surface area contributed by atoms with Crippen molar-refractivity contribution >= 4 is 5.97 Å². The monoisotopic (exact) mass is 291 g/mol. The number of hydrogen-bond donors (Lipinski definition) is 1. The molecule has 1 heterocycles. The summed E-state index contributed by atoms with van der Waals surface area (Å²) in [6.07, 6.45) is 1.52. The molecule has 7 heteroatoms. The summed E-state index contributed by atoms with van der Waals surface area (Å²) < 4.78 is 11.8. The Kier molecular flexibility index (Phi) is 3.84. The number of carboxylic acid groups (broad SMARTS) is 1. The van der Waals surface area contributed by atoms with Crippen molar-refractivity contribution in [1.29, 1.82) is 0 Å². The van der Waals surface area contributed by atoms with Crippen molar-refractivity contribution < 1.29 is 19.4 Å². The molecule has 1 aromatic carbocycles. The average molecular weight is 291 g/mol. The molecule has 21 heavy (non-hydrogen) atoms. The molecule has 0 aliphatic carbocycles. The molecule has 0 aliphatic rings. The molecule has 7 nitrogen and oxygen atoms in total. The largest absolute Gasteiger partial charge is 0.493 e. The summed E-state index contributed by atoms with van der Waals surface area (Å²) in [5.74, 6) is 0.156. The minimum absolute atomic E-state index is 0.552. The maximum Gasteiger partial charge on any atom is 0.331 e. The second-order valence-corrected chi connectivity index (χ2v) is 4.96. The lowest BCUT2D eigenvalue weighted by Crippen LogP contribution is -2.37. The number of carbonyl (C=O) groups is 1. The normalized spacial score (nSPS) is 11.2. The van der Waals surface area contributed by atoms with Gasteiger partial charge in [-0.05, 0) is 32.0 Å². The molecule has 0 spiro atoms. The van der Waals surface area contributed by atoms with Crippen LogP contribution in [0.4, 0.5) is 0 Å². The Bertz CT molecular complexity index is 664. The van der Waals surface area contributed by atoms with Gasteiger partial charge in [-0.15, -0.1) is 5.10 Å². The second-order valence-electron chi connectivity index (χ2n) is 4.96. The molecule has 0 saturated carbocycles. The Balaban J connectivity index is 2.54. The van der Waals surface area contributed by atoms with Gasteiger partial charge >= 0.3 is 5.97 Å². The molecule has 2 aromatic rings. The summed E-state index contributed by atoms with van der Waals surface area (Å²) in [5.41, 5.74) is 0.120. The first-order chi connectivity index (χ1) is 9.91. The third-order valence-electron chi connectivity index (χ3n) is 3.28. The van der Waals surface area contributed by atoms with Crippen LogP contribution >= 0.6 is 0 Å². The van der Waals surface area contributed by atoms with Crippen LogP contribution in [0.5, 0.6) is 11.5 Å². The fraction of sp³-hybridized carbons (Fsp3) is 0.357. The van der Waals surface area contributed by atoms with Gasteiger partial charge in [0.05, 0.1) is 26.1 Å². The van der Waals surface area contributed by atoms with Crippen molar-refractivity contribution in [3.8, 4) is 22.8 Å². The van der Waals surface area contributed by atoms with E-state index in [1.54, 1.807) is 46.3 Å². The van der Waals surface area contributed by atoms with Gasteiger partial charge in [0.15, 0.2) is 17.0 Å². The SMILES string of the molecule is COc1ccc(-c2cnnn2C(C)(C)C(=O)O)cc1OC. The van der Waals surface area contributed by atoms with Crippen LogP contribution in [0, 0.1) is 0 Å². The molecule has 112 valence electrons. The van der Waals surface area contributed by atoms with Crippen LogP contribution < -0.4 is 9.47 Å². The first kappa shape index (κ1) is 14.8. The van der Waals surface area contributed by atoms with Crippen LogP contribution in [-0.2, 0) is 10.3 Å². The van der Waals surface area contributed by atoms with Gasteiger partial charge in [0.2, 0.25) is 0 Å². The zero-order valence-corrected chi connectivity index (χ0v) is 12.3. The fourth-order valence-corrected chi connectivity index (χ4v) is 1.93. The third-order valence-corrected chi connectivity index (χ3v) is 3.28. The molecule has 0 fully saturated rings. The van der Waals surface area contributed by atoms with Gasteiger partial charge in [-0.25, -0.2) is 9.48 Å². The van der Waals surface area contributed by atoms with E-state index in [0.29, 0.717) is 17.2 Å². The Morgan fingerprint density at radius 2 is 1.90 bits per heavy atom. The number of rotatable bonds is 5. The van der Waals surface area contributed by atoms with Crippen LogP contribution in [0.25, 0.3) is 11.3 Å². The van der Waals surface area contributed by atoms with Gasteiger partial charge in [-0.1, -0.05) is 5.21 Å². The van der Waals surface area contributed by atoms with E-state index in [1.807, 2.05) is 0 Å². The van der Waals surface area contributed by atoms with Gasteiger partial charge in [-0.3, -0.25) is 0 Å². The Hall–Kier alpha value is -2.57. The van der Waals surface area contributed by atoms with Crippen LogP contribution in [-0.4, -0.2) is 40.3 Å². The number of methoxy groups -OCH3 is 2. The Labute approximate surface area is 122 Å². The van der Waals surface area contributed by atoms with Crippen LogP contribution in [0.15, 0.2) is 24.4 Å². The Morgan fingerprint density at radius 1 is 1.24 bits per heavy atom. The molecular weight excluding hydrogens is 274 g/mol. The summed E-state index contributed by atoms with van der Waals surface area (Å²) in [4.78, 5) is 11.4. The average Bonchev–Trinajstić information content (AvgIpc) is 2.96. The summed E-state index contributed by atoms with van der Waals surface area (Å²) in [7, 11) is 3.09. The minimum atomic E-state index is -1.21. The van der Waals surface area contributed by atoms with Crippen molar-refractivity contribution in [2.45, 2.75) is 19.4 Å². The molecule has 0 bridgehead atoms. The van der Waals surface area contributed by atoms with E-state index >= 15 is 0 Å². The summed E-state index contributed by atoms with van der Waals surface area (Å²) in [6, 6.07) is 5.31. The van der Waals surface area contributed by atoms with E-state index in [1.165, 1.54) is 10.9 Å². The highest BCUT2D eigenvalue weighted by molar-refractivity contribution is 5.77. The molecule has 0 amide bonds. The lowest BCUT2D eigenvalue weighted by atomic mass is 10.0. The van der Waals surface area contributed by atoms with Crippen LogP contribution in [0.3, 0.4) is 0 Å². The maximum absolute atomic E-state index is 11.4. The quantitative estimate of drug-likeness (QED) is 0.903. The summed E-state index contributed by atoms with van der Waals surface area (Å²) in [5, 5.41) is 17.1. The number of nitrogens with zero attached hydrogens (tertiary/aromatic N) is 3. The highest BCUT2D eigenvalue weighted by Crippen LogP contribution is 2.33. The third kappa shape index (κ3) is 2.54. The standard InChI is InChI=1S/C14H17N3O4/c1-14(2,13(18)19)17-10(8-15-16-17)9-5-6-11(20-3)12(7-9)21-4/h5-8H,1-4H3,(H,18,19). The number of carboxylic acids is 1. The number of aromatic nitrogens is 3. The molecular formula is C14H17N3O4. The molecule has 0 saturated heterocycles. The predicted octanol–water partition coefficient (Wildman–Crippen LogP) is 1.78. The van der Waals surface area contributed by atoms with E-state index in [-0.39, 0.29) is 0 Å². The van der Waals surface area contributed by atoms with Crippen molar-refractivity contribution in [2.75, 3.05) is 14.2 Å². The van der Waals surface area contributed by atoms with E-state index in [4.69, 9.17) is 9.47 Å². The maximum atomic E-state index is 11.4. The van der Waals surface area contributed by atoms with Crippen LogP contribution in [0.1, 0.15) is 13.8 Å². The zero-order valence-electron chi connectivity index (χ0n) is 12.3. The van der Waals surface area contributed by atoms with Crippen molar-refractivity contribution in [3.63, 3.8) is 0 Å². The summed E-state index contributed by atoms with van der Waals surface area (Å²) in [6.45, 7) is 3.13. The Morgan fingerprint density at radius 3 is 2.48 bits per heavy atom. The number of ether oxygens (including phenoxy) is 2. The number of hydrogen-bond acceptors (Lipinski definition) is 5. The highest BCUT2D eigenvalue weighted by Gasteiger charge is 2.33. The van der Waals surface area contributed by atoms with E-state index < -0.39 is 11.5 Å². The smallest absolute Gasteiger partial charge is 0.331 e. The molecule has 0 radical (unpaired) electrons. The second kappa shape index (κ2) is 5.43. The minimum Gasteiger partial charge on any atom is -0.493 e. The van der Waals surface area contributed by atoms with E-state index in [9.17, 15) is 9.90 Å². The van der Waals surface area contributed by atoms with Crippen molar-refractivity contribution in [1.82, 2.24) is 15.0 Å². The topological polar surface area (TPSA) is 86.5 Å². The van der Waals surface area contributed by atoms with Gasteiger partial charge in [0.25, 0.3) is 0 Å². The molecule has 0 atom stereocenters. The van der Waals surface area contributed by atoms with Gasteiger partial charge < -0.3 is 14.6 Å². The fourth-order valence-electron chi connectivity index (χ4n) is 1.93. The lowest BCUT2D eigenvalue weighted by molar-refractivity contribution is -0.146. The van der Waals surface area contributed by atoms with Gasteiger partial charge in [0, 0.05) is 5.56 Å². The number of benzene rings is 1. The summed E-state index contributed by atoms with van der Waals surface area (Å²) >= 11 is 0. The van der Waals surface area contributed by atoms with Crippen molar-refractivity contribution in [2.24, 2.45) is 0 Å². The van der Waals surface area contributed by atoms with Gasteiger partial charge in [-0.2, -0.15) is 0 Å². The molecule has 0 unspecified atom stereocenters. The van der Waals surface area contributed by atoms with E-state index in [0.717, 1.165) is 5.56 Å².